The van der Waals surface area contributed by atoms with Crippen molar-refractivity contribution in [2.75, 3.05) is 4.90 Å². The molecule has 50 heavy (non-hydrogen) atoms. The summed E-state index contributed by atoms with van der Waals surface area (Å²) in [6, 6.07) is 71.0. The van der Waals surface area contributed by atoms with Gasteiger partial charge in [-0.15, -0.1) is 0 Å². The van der Waals surface area contributed by atoms with Crippen molar-refractivity contribution in [2.45, 2.75) is 0 Å². The summed E-state index contributed by atoms with van der Waals surface area (Å²) in [7, 11) is 0. The van der Waals surface area contributed by atoms with Gasteiger partial charge >= 0.3 is 0 Å². The predicted octanol–water partition coefficient (Wildman–Crippen LogP) is 13.7. The fraction of sp³-hybridized carbons (Fsp3) is 0. The molecule has 0 N–H and O–H groups in total. The van der Waals surface area contributed by atoms with Crippen LogP contribution >= 0.6 is 0 Å². The summed E-state index contributed by atoms with van der Waals surface area (Å²) in [5.41, 5.74) is 14.2. The molecule has 236 valence electrons. The Kier molecular flexibility index (Phi) is 7.53. The van der Waals surface area contributed by atoms with Crippen molar-refractivity contribution in [3.8, 4) is 44.5 Å². The van der Waals surface area contributed by atoms with Gasteiger partial charge in [0.1, 0.15) is 11.2 Å². The second-order valence-electron chi connectivity index (χ2n) is 12.5. The Bertz CT molecular complexity index is 2570. The van der Waals surface area contributed by atoms with Gasteiger partial charge in [-0.3, -0.25) is 0 Å². The molecule has 0 spiro atoms. The van der Waals surface area contributed by atoms with Crippen molar-refractivity contribution in [3.63, 3.8) is 0 Å². The lowest BCUT2D eigenvalue weighted by Crippen LogP contribution is -2.10. The molecule has 9 rings (SSSR count). The standard InChI is InChI=1S/C48H33NO/c1-4-14-34(15-5-1)36-26-28-37(29-27-36)40-21-13-23-42(33-40)49(41-22-12-20-39(32-41)35-16-6-2-7-17-35)45-31-30-43(38-18-8-3-9-19-38)48-47(45)44-24-10-11-25-46(44)50-48/h1-33H. The van der Waals surface area contributed by atoms with Gasteiger partial charge in [0.15, 0.2) is 0 Å². The molecule has 0 fully saturated rings. The Labute approximate surface area is 292 Å². The van der Waals surface area contributed by atoms with E-state index in [1.54, 1.807) is 0 Å². The van der Waals surface area contributed by atoms with E-state index in [0.717, 1.165) is 61.3 Å². The van der Waals surface area contributed by atoms with E-state index in [4.69, 9.17) is 4.42 Å². The summed E-state index contributed by atoms with van der Waals surface area (Å²) in [6.07, 6.45) is 0. The van der Waals surface area contributed by atoms with Gasteiger partial charge in [0, 0.05) is 22.3 Å². The Morgan fingerprint density at radius 2 is 0.800 bits per heavy atom. The highest BCUT2D eigenvalue weighted by molar-refractivity contribution is 6.17. The predicted molar refractivity (Wildman–Crippen MR) is 210 cm³/mol. The number of furan rings is 1. The molecule has 0 radical (unpaired) electrons. The quantitative estimate of drug-likeness (QED) is 0.173. The van der Waals surface area contributed by atoms with Gasteiger partial charge < -0.3 is 9.32 Å². The van der Waals surface area contributed by atoms with Crippen LogP contribution in [0.2, 0.25) is 0 Å². The number of rotatable bonds is 7. The minimum absolute atomic E-state index is 0.873. The number of hydrogen-bond donors (Lipinski definition) is 0. The molecule has 1 heterocycles. The third-order valence-corrected chi connectivity index (χ3v) is 9.47. The first kappa shape index (κ1) is 29.5. The van der Waals surface area contributed by atoms with Crippen LogP contribution in [0.1, 0.15) is 0 Å². The summed E-state index contributed by atoms with van der Waals surface area (Å²) in [6.45, 7) is 0. The fourth-order valence-electron chi connectivity index (χ4n) is 7.03. The third-order valence-electron chi connectivity index (χ3n) is 9.47. The highest BCUT2D eigenvalue weighted by atomic mass is 16.3. The van der Waals surface area contributed by atoms with Crippen molar-refractivity contribution in [1.29, 1.82) is 0 Å². The lowest BCUT2D eigenvalue weighted by molar-refractivity contribution is 0.670. The largest absolute Gasteiger partial charge is 0.455 e. The van der Waals surface area contributed by atoms with Gasteiger partial charge in [-0.1, -0.05) is 158 Å². The van der Waals surface area contributed by atoms with Crippen LogP contribution in [0.25, 0.3) is 66.4 Å². The van der Waals surface area contributed by atoms with Crippen molar-refractivity contribution >= 4 is 39.0 Å². The fourth-order valence-corrected chi connectivity index (χ4v) is 7.03. The maximum atomic E-state index is 6.71. The zero-order valence-electron chi connectivity index (χ0n) is 27.4. The van der Waals surface area contributed by atoms with Crippen LogP contribution < -0.4 is 4.90 Å². The molecule has 0 aliphatic carbocycles. The van der Waals surface area contributed by atoms with Crippen LogP contribution in [-0.2, 0) is 0 Å². The first-order valence-corrected chi connectivity index (χ1v) is 17.0. The lowest BCUT2D eigenvalue weighted by Gasteiger charge is -2.27. The first-order chi connectivity index (χ1) is 24.8. The van der Waals surface area contributed by atoms with Gasteiger partial charge in [-0.2, -0.15) is 0 Å². The van der Waals surface area contributed by atoms with E-state index in [-0.39, 0.29) is 0 Å². The zero-order valence-corrected chi connectivity index (χ0v) is 27.4. The molecular formula is C48H33NO. The van der Waals surface area contributed by atoms with Gasteiger partial charge in [0.05, 0.1) is 11.1 Å². The van der Waals surface area contributed by atoms with Crippen molar-refractivity contribution in [2.24, 2.45) is 0 Å². The molecule has 8 aromatic carbocycles. The molecule has 2 heteroatoms. The van der Waals surface area contributed by atoms with Crippen LogP contribution in [0, 0.1) is 0 Å². The van der Waals surface area contributed by atoms with Crippen LogP contribution in [0.15, 0.2) is 205 Å². The van der Waals surface area contributed by atoms with E-state index in [1.807, 2.05) is 6.07 Å². The number of para-hydroxylation sites is 1. The number of hydrogen-bond acceptors (Lipinski definition) is 2. The minimum Gasteiger partial charge on any atom is -0.455 e. The molecule has 0 unspecified atom stereocenters. The van der Waals surface area contributed by atoms with E-state index in [1.165, 1.54) is 22.3 Å². The van der Waals surface area contributed by atoms with Crippen LogP contribution in [0.5, 0.6) is 0 Å². The maximum Gasteiger partial charge on any atom is 0.145 e. The highest BCUT2D eigenvalue weighted by Gasteiger charge is 2.22. The molecule has 0 bridgehead atoms. The van der Waals surface area contributed by atoms with Crippen LogP contribution in [0.4, 0.5) is 17.1 Å². The molecule has 0 saturated heterocycles. The van der Waals surface area contributed by atoms with Gasteiger partial charge in [-0.25, -0.2) is 0 Å². The lowest BCUT2D eigenvalue weighted by atomic mass is 9.98. The van der Waals surface area contributed by atoms with Crippen LogP contribution in [0.3, 0.4) is 0 Å². The summed E-state index contributed by atoms with van der Waals surface area (Å²) >= 11 is 0. The molecule has 9 aromatic rings. The molecule has 2 nitrogen and oxygen atoms in total. The first-order valence-electron chi connectivity index (χ1n) is 17.0. The molecule has 0 saturated carbocycles. The summed E-state index contributed by atoms with van der Waals surface area (Å²) in [5, 5.41) is 2.18. The molecule has 1 aromatic heterocycles. The number of benzene rings is 8. The number of nitrogens with zero attached hydrogens (tertiary/aromatic N) is 1. The zero-order chi connectivity index (χ0) is 33.3. The van der Waals surface area contributed by atoms with Gasteiger partial charge in [0.2, 0.25) is 0 Å². The SMILES string of the molecule is c1ccc(-c2ccc(-c3cccc(N(c4cccc(-c5ccccc5)c4)c4ccc(-c5ccccc5)c5oc6ccccc6c45)c3)cc2)cc1. The summed E-state index contributed by atoms with van der Waals surface area (Å²) < 4.78 is 6.71. The van der Waals surface area contributed by atoms with Crippen molar-refractivity contribution in [1.82, 2.24) is 0 Å². The normalized spacial score (nSPS) is 11.2. The Morgan fingerprint density at radius 3 is 1.40 bits per heavy atom. The Morgan fingerprint density at radius 1 is 0.340 bits per heavy atom. The Balaban J connectivity index is 1.25. The summed E-state index contributed by atoms with van der Waals surface area (Å²) in [4.78, 5) is 2.38. The molecule has 0 aliphatic heterocycles. The molecule has 0 aliphatic rings. The smallest absolute Gasteiger partial charge is 0.145 e. The second-order valence-corrected chi connectivity index (χ2v) is 12.5. The third kappa shape index (κ3) is 5.43. The second kappa shape index (κ2) is 12.8. The van der Waals surface area contributed by atoms with E-state index in [9.17, 15) is 0 Å². The minimum atomic E-state index is 0.873. The van der Waals surface area contributed by atoms with Crippen molar-refractivity contribution in [3.05, 3.63) is 200 Å². The van der Waals surface area contributed by atoms with Gasteiger partial charge in [0.25, 0.3) is 0 Å². The van der Waals surface area contributed by atoms with E-state index in [0.29, 0.717) is 0 Å². The van der Waals surface area contributed by atoms with Crippen LogP contribution in [-0.4, -0.2) is 0 Å². The average Bonchev–Trinajstić information content (AvgIpc) is 3.60. The highest BCUT2D eigenvalue weighted by Crippen LogP contribution is 2.47. The number of anilines is 3. The topological polar surface area (TPSA) is 16.4 Å². The van der Waals surface area contributed by atoms with E-state index >= 15 is 0 Å². The van der Waals surface area contributed by atoms with E-state index < -0.39 is 0 Å². The monoisotopic (exact) mass is 639 g/mol. The maximum absolute atomic E-state index is 6.71. The van der Waals surface area contributed by atoms with E-state index in [2.05, 4.69) is 199 Å². The van der Waals surface area contributed by atoms with Gasteiger partial charge in [-0.05, 0) is 81.4 Å². The average molecular weight is 640 g/mol. The number of fused-ring (bicyclic) bond motifs is 3. The molecule has 0 atom stereocenters. The van der Waals surface area contributed by atoms with Crippen molar-refractivity contribution < 1.29 is 4.42 Å². The summed E-state index contributed by atoms with van der Waals surface area (Å²) in [5.74, 6) is 0. The molecular weight excluding hydrogens is 607 g/mol. The molecule has 0 amide bonds. The Hall–Kier alpha value is -6.64.